The number of nitrogens with one attached hydrogen (secondary N) is 1. The first-order valence-corrected chi connectivity index (χ1v) is 9.84. The number of hydrogen-bond donors (Lipinski definition) is 1. The van der Waals surface area contributed by atoms with Gasteiger partial charge >= 0.3 is 0 Å². The zero-order chi connectivity index (χ0) is 15.7. The van der Waals surface area contributed by atoms with Crippen LogP contribution in [0, 0.1) is 5.41 Å². The topological polar surface area (TPSA) is 49.4 Å². The third kappa shape index (κ3) is 4.28. The molecule has 2 heterocycles. The molecule has 1 aliphatic rings. The van der Waals surface area contributed by atoms with Crippen LogP contribution in [0.5, 0.6) is 0 Å². The van der Waals surface area contributed by atoms with Crippen molar-refractivity contribution in [2.75, 3.05) is 13.1 Å². The molecule has 1 aliphatic heterocycles. The van der Waals surface area contributed by atoms with Gasteiger partial charge in [0, 0.05) is 25.7 Å². The van der Waals surface area contributed by atoms with Gasteiger partial charge in [-0.3, -0.25) is 0 Å². The summed E-state index contributed by atoms with van der Waals surface area (Å²) in [6.07, 6.45) is 2.03. The highest BCUT2D eigenvalue weighted by Crippen LogP contribution is 2.33. The molecule has 120 valence electrons. The van der Waals surface area contributed by atoms with Crippen molar-refractivity contribution in [1.29, 1.82) is 0 Å². The minimum atomic E-state index is -3.33. The van der Waals surface area contributed by atoms with Gasteiger partial charge in [0.05, 0.1) is 0 Å². The molecule has 1 N–H and O–H groups in total. The Morgan fingerprint density at radius 3 is 2.76 bits per heavy atom. The molecule has 6 heteroatoms. The summed E-state index contributed by atoms with van der Waals surface area (Å²) in [5.74, 6) is 0. The highest BCUT2D eigenvalue weighted by Gasteiger charge is 2.34. The van der Waals surface area contributed by atoms with E-state index in [-0.39, 0.29) is 5.41 Å². The number of sulfonamides is 1. The molecule has 1 aromatic heterocycles. The average Bonchev–Trinajstić information content (AvgIpc) is 2.84. The molecular weight excluding hydrogens is 304 g/mol. The van der Waals surface area contributed by atoms with Gasteiger partial charge in [-0.05, 0) is 35.3 Å². The van der Waals surface area contributed by atoms with Crippen molar-refractivity contribution in [2.24, 2.45) is 5.41 Å². The van der Waals surface area contributed by atoms with Gasteiger partial charge in [0.25, 0.3) is 10.0 Å². The zero-order valence-electron chi connectivity index (χ0n) is 13.3. The molecule has 1 fully saturated rings. The second-order valence-corrected chi connectivity index (χ2v) is 9.99. The maximum Gasteiger partial charge on any atom is 0.252 e. The van der Waals surface area contributed by atoms with Gasteiger partial charge < -0.3 is 5.32 Å². The standard InChI is InChI=1S/C15H26N2O2S2/c1-12(2)16-9-13-8-14(20-10-13)21(18,19)17-7-5-6-15(3,4)11-17/h8,10,12,16H,5-7,9,11H2,1-4H3. The van der Waals surface area contributed by atoms with Crippen molar-refractivity contribution in [3.8, 4) is 0 Å². The number of thiophene rings is 1. The van der Waals surface area contributed by atoms with Crippen molar-refractivity contribution in [3.05, 3.63) is 17.0 Å². The van der Waals surface area contributed by atoms with Gasteiger partial charge in [-0.25, -0.2) is 8.42 Å². The molecule has 1 aromatic rings. The van der Waals surface area contributed by atoms with Crippen LogP contribution in [0.15, 0.2) is 15.7 Å². The summed E-state index contributed by atoms with van der Waals surface area (Å²) in [4.78, 5) is 0. The Labute approximate surface area is 132 Å². The summed E-state index contributed by atoms with van der Waals surface area (Å²) >= 11 is 1.33. The predicted octanol–water partition coefficient (Wildman–Crippen LogP) is 3.06. The first-order valence-electron chi connectivity index (χ1n) is 7.52. The average molecular weight is 331 g/mol. The molecule has 0 spiro atoms. The molecular formula is C15H26N2O2S2. The Morgan fingerprint density at radius 2 is 2.14 bits per heavy atom. The maximum atomic E-state index is 12.7. The van der Waals surface area contributed by atoms with Crippen LogP contribution in [0.25, 0.3) is 0 Å². The largest absolute Gasteiger partial charge is 0.310 e. The van der Waals surface area contributed by atoms with Gasteiger partial charge in [-0.2, -0.15) is 4.31 Å². The predicted molar refractivity (Wildman–Crippen MR) is 88.1 cm³/mol. The molecule has 0 saturated carbocycles. The highest BCUT2D eigenvalue weighted by molar-refractivity contribution is 7.91. The quantitative estimate of drug-likeness (QED) is 0.903. The lowest BCUT2D eigenvalue weighted by atomic mass is 9.85. The third-order valence-corrected chi connectivity index (χ3v) is 7.11. The lowest BCUT2D eigenvalue weighted by Gasteiger charge is -2.36. The van der Waals surface area contributed by atoms with E-state index in [0.29, 0.717) is 23.3 Å². The molecule has 0 aromatic carbocycles. The molecule has 0 unspecified atom stereocenters. The fourth-order valence-electron chi connectivity index (χ4n) is 2.61. The van der Waals surface area contributed by atoms with Gasteiger partial charge in [-0.1, -0.05) is 27.7 Å². The molecule has 4 nitrogen and oxygen atoms in total. The summed E-state index contributed by atoms with van der Waals surface area (Å²) in [5.41, 5.74) is 1.12. The number of nitrogens with zero attached hydrogens (tertiary/aromatic N) is 1. The van der Waals surface area contributed by atoms with E-state index in [1.54, 1.807) is 4.31 Å². The zero-order valence-corrected chi connectivity index (χ0v) is 15.0. The van der Waals surface area contributed by atoms with Crippen LogP contribution in [0.1, 0.15) is 46.1 Å². The van der Waals surface area contributed by atoms with Crippen molar-refractivity contribution in [3.63, 3.8) is 0 Å². The van der Waals surface area contributed by atoms with Crippen LogP contribution in [0.3, 0.4) is 0 Å². The van der Waals surface area contributed by atoms with Crippen LogP contribution in [0.2, 0.25) is 0 Å². The van der Waals surface area contributed by atoms with Gasteiger partial charge in [-0.15, -0.1) is 11.3 Å². The van der Waals surface area contributed by atoms with E-state index in [9.17, 15) is 8.42 Å². The Kier molecular flexibility index (Phi) is 5.13. The third-order valence-electron chi connectivity index (χ3n) is 3.80. The first kappa shape index (κ1) is 16.9. The SMILES string of the molecule is CC(C)NCc1csc(S(=O)(=O)N2CCCC(C)(C)C2)c1. The minimum absolute atomic E-state index is 0.0740. The number of rotatable bonds is 5. The Morgan fingerprint density at radius 1 is 1.43 bits per heavy atom. The van der Waals surface area contributed by atoms with Crippen molar-refractivity contribution in [2.45, 2.75) is 57.3 Å². The van der Waals surface area contributed by atoms with Crippen LogP contribution in [-0.4, -0.2) is 31.9 Å². The van der Waals surface area contributed by atoms with Gasteiger partial charge in [0.2, 0.25) is 0 Å². The molecule has 1 saturated heterocycles. The molecule has 0 aliphatic carbocycles. The molecule has 0 bridgehead atoms. The highest BCUT2D eigenvalue weighted by atomic mass is 32.2. The molecule has 0 atom stereocenters. The second kappa shape index (κ2) is 6.36. The number of hydrogen-bond acceptors (Lipinski definition) is 4. The summed E-state index contributed by atoms with van der Waals surface area (Å²) in [5, 5.41) is 5.26. The van der Waals surface area contributed by atoms with Crippen molar-refractivity contribution >= 4 is 21.4 Å². The van der Waals surface area contributed by atoms with E-state index in [4.69, 9.17) is 0 Å². The van der Waals surface area contributed by atoms with Crippen LogP contribution < -0.4 is 5.32 Å². The summed E-state index contributed by atoms with van der Waals surface area (Å²) < 4.78 is 27.6. The van der Waals surface area contributed by atoms with Crippen LogP contribution in [0.4, 0.5) is 0 Å². The Balaban J connectivity index is 2.12. The molecule has 0 radical (unpaired) electrons. The first-order chi connectivity index (χ1) is 9.71. The smallest absolute Gasteiger partial charge is 0.252 e. The monoisotopic (exact) mass is 330 g/mol. The van der Waals surface area contributed by atoms with E-state index in [0.717, 1.165) is 24.9 Å². The number of piperidine rings is 1. The summed E-state index contributed by atoms with van der Waals surface area (Å²) in [7, 11) is -3.33. The van der Waals surface area contributed by atoms with Crippen LogP contribution in [-0.2, 0) is 16.6 Å². The Hall–Kier alpha value is -0.430. The second-order valence-electron chi connectivity index (χ2n) is 6.92. The lowest BCUT2D eigenvalue weighted by molar-refractivity contribution is 0.187. The normalized spacial score (nSPS) is 20.0. The van der Waals surface area contributed by atoms with Crippen molar-refractivity contribution < 1.29 is 8.42 Å². The Bertz CT molecular complexity index is 576. The van der Waals surface area contributed by atoms with Gasteiger partial charge in [0.15, 0.2) is 0 Å². The van der Waals surface area contributed by atoms with Crippen LogP contribution >= 0.6 is 11.3 Å². The van der Waals surface area contributed by atoms with Gasteiger partial charge in [0.1, 0.15) is 4.21 Å². The van der Waals surface area contributed by atoms with E-state index >= 15 is 0 Å². The molecule has 2 rings (SSSR count). The van der Waals surface area contributed by atoms with Crippen molar-refractivity contribution in [1.82, 2.24) is 9.62 Å². The fraction of sp³-hybridized carbons (Fsp3) is 0.733. The van der Waals surface area contributed by atoms with E-state index in [2.05, 4.69) is 33.0 Å². The van der Waals surface area contributed by atoms with E-state index < -0.39 is 10.0 Å². The lowest BCUT2D eigenvalue weighted by Crippen LogP contribution is -2.43. The molecule has 21 heavy (non-hydrogen) atoms. The summed E-state index contributed by atoms with van der Waals surface area (Å²) in [6, 6.07) is 2.21. The minimum Gasteiger partial charge on any atom is -0.310 e. The fourth-order valence-corrected chi connectivity index (χ4v) is 5.63. The van der Waals surface area contributed by atoms with E-state index in [1.165, 1.54) is 11.3 Å². The molecule has 0 amide bonds. The maximum absolute atomic E-state index is 12.7. The summed E-state index contributed by atoms with van der Waals surface area (Å²) in [6.45, 7) is 10.4. The van der Waals surface area contributed by atoms with E-state index in [1.807, 2.05) is 11.4 Å².